The van der Waals surface area contributed by atoms with Crippen molar-refractivity contribution in [1.29, 1.82) is 0 Å². The molecule has 2 atom stereocenters. The summed E-state index contributed by atoms with van der Waals surface area (Å²) in [6, 6.07) is 1.58. The van der Waals surface area contributed by atoms with Gasteiger partial charge in [0.2, 0.25) is 0 Å². The highest BCUT2D eigenvalue weighted by atomic mass is 16.6. The van der Waals surface area contributed by atoms with E-state index in [2.05, 4.69) is 12.0 Å². The Morgan fingerprint density at radius 2 is 2.04 bits per heavy atom. The molecule has 1 aromatic rings. The smallest absolute Gasteiger partial charge is 0.410 e. The largest absolute Gasteiger partial charge is 0.444 e. The molecule has 1 amide bonds. The van der Waals surface area contributed by atoms with Crippen LogP contribution in [0.3, 0.4) is 0 Å². The van der Waals surface area contributed by atoms with Crippen molar-refractivity contribution in [3.63, 3.8) is 0 Å². The maximum absolute atomic E-state index is 12.2. The van der Waals surface area contributed by atoms with Crippen molar-refractivity contribution in [1.82, 2.24) is 14.7 Å². The zero-order valence-corrected chi connectivity index (χ0v) is 15.6. The first-order valence-electron chi connectivity index (χ1n) is 8.88. The molecule has 0 bridgehead atoms. The van der Waals surface area contributed by atoms with Gasteiger partial charge in [-0.25, -0.2) is 4.79 Å². The average molecular weight is 337 g/mol. The van der Waals surface area contributed by atoms with Gasteiger partial charge in [0.05, 0.1) is 12.2 Å². The molecule has 1 aromatic heterocycles. The van der Waals surface area contributed by atoms with Crippen LogP contribution in [0.1, 0.15) is 59.1 Å². The highest BCUT2D eigenvalue weighted by Crippen LogP contribution is 2.30. The Labute approximate surface area is 144 Å². The maximum Gasteiger partial charge on any atom is 0.410 e. The molecule has 0 radical (unpaired) electrons. The van der Waals surface area contributed by atoms with Crippen LogP contribution in [0, 0.1) is 11.8 Å². The first-order valence-corrected chi connectivity index (χ1v) is 8.88. The van der Waals surface area contributed by atoms with E-state index in [4.69, 9.17) is 4.74 Å². The molecule has 6 heteroatoms. The number of hydrogen-bond donors (Lipinski definition) is 1. The molecule has 6 nitrogen and oxygen atoms in total. The van der Waals surface area contributed by atoms with E-state index in [0.29, 0.717) is 18.4 Å². The number of amides is 1. The zero-order chi connectivity index (χ0) is 17.9. The molecule has 2 unspecified atom stereocenters. The Morgan fingerprint density at radius 3 is 2.67 bits per heavy atom. The molecule has 1 saturated carbocycles. The number of nitrogens with zero attached hydrogens (tertiary/aromatic N) is 2. The summed E-state index contributed by atoms with van der Waals surface area (Å²) < 4.78 is 7.02. The second kappa shape index (κ2) is 7.45. The molecule has 1 aliphatic rings. The van der Waals surface area contributed by atoms with Crippen LogP contribution in [0.5, 0.6) is 0 Å². The van der Waals surface area contributed by atoms with Gasteiger partial charge >= 0.3 is 6.09 Å². The zero-order valence-electron chi connectivity index (χ0n) is 15.6. The fraction of sp³-hybridized carbons (Fsp3) is 0.778. The van der Waals surface area contributed by atoms with Gasteiger partial charge in [0.1, 0.15) is 5.60 Å². The number of carbonyl (C=O) groups is 1. The highest BCUT2D eigenvalue weighted by Gasteiger charge is 2.23. The molecular weight excluding hydrogens is 306 g/mol. The lowest BCUT2D eigenvalue weighted by Crippen LogP contribution is -2.34. The number of hydrogen-bond acceptors (Lipinski definition) is 3. The Bertz CT molecular complexity index is 612. The van der Waals surface area contributed by atoms with Crippen LogP contribution in [-0.2, 0) is 17.8 Å². The first-order chi connectivity index (χ1) is 11.2. The number of aromatic nitrogens is 2. The van der Waals surface area contributed by atoms with Crippen LogP contribution in [0.4, 0.5) is 4.79 Å². The molecule has 24 heavy (non-hydrogen) atoms. The first kappa shape index (κ1) is 18.6. The number of H-pyrrole nitrogens is 1. The van der Waals surface area contributed by atoms with Crippen molar-refractivity contribution in [3.05, 3.63) is 22.1 Å². The molecule has 0 aromatic carbocycles. The maximum atomic E-state index is 12.2. The van der Waals surface area contributed by atoms with E-state index in [-0.39, 0.29) is 5.56 Å². The van der Waals surface area contributed by atoms with E-state index in [9.17, 15) is 9.59 Å². The molecule has 2 rings (SSSR count). The third-order valence-electron chi connectivity index (χ3n) is 4.66. The topological polar surface area (TPSA) is 67.3 Å². The lowest BCUT2D eigenvalue weighted by molar-refractivity contribution is 0.0282. The van der Waals surface area contributed by atoms with Gasteiger partial charge < -0.3 is 9.64 Å². The van der Waals surface area contributed by atoms with Crippen molar-refractivity contribution in [2.24, 2.45) is 11.8 Å². The Morgan fingerprint density at radius 1 is 1.38 bits per heavy atom. The van der Waals surface area contributed by atoms with Crippen molar-refractivity contribution < 1.29 is 9.53 Å². The lowest BCUT2D eigenvalue weighted by Gasteiger charge is -2.28. The van der Waals surface area contributed by atoms with E-state index < -0.39 is 11.7 Å². The summed E-state index contributed by atoms with van der Waals surface area (Å²) in [5, 5.41) is 3.15. The number of rotatable bonds is 4. The number of nitrogens with one attached hydrogen (secondary N) is 1. The van der Waals surface area contributed by atoms with Crippen LogP contribution in [-0.4, -0.2) is 33.4 Å². The van der Waals surface area contributed by atoms with E-state index in [0.717, 1.165) is 12.2 Å². The van der Waals surface area contributed by atoms with Gasteiger partial charge in [0.15, 0.2) is 0 Å². The fourth-order valence-corrected chi connectivity index (χ4v) is 3.26. The molecule has 1 fully saturated rings. The van der Waals surface area contributed by atoms with Crippen LogP contribution < -0.4 is 5.56 Å². The fourth-order valence-electron chi connectivity index (χ4n) is 3.26. The van der Waals surface area contributed by atoms with E-state index in [1.54, 1.807) is 17.8 Å². The lowest BCUT2D eigenvalue weighted by atomic mass is 9.80. The van der Waals surface area contributed by atoms with Gasteiger partial charge in [-0.3, -0.25) is 14.6 Å². The predicted octanol–water partition coefficient (Wildman–Crippen LogP) is 3.37. The minimum absolute atomic E-state index is 0.0274. The quantitative estimate of drug-likeness (QED) is 0.916. The summed E-state index contributed by atoms with van der Waals surface area (Å²) in [5.41, 5.74) is 0.180. The number of ether oxygens (including phenoxy) is 1. The van der Waals surface area contributed by atoms with Crippen LogP contribution in [0.2, 0.25) is 0 Å². The van der Waals surface area contributed by atoms with Crippen molar-refractivity contribution in [3.8, 4) is 0 Å². The monoisotopic (exact) mass is 337 g/mol. The number of aromatic amines is 1. The summed E-state index contributed by atoms with van der Waals surface area (Å²) in [6.45, 7) is 8.84. The summed E-state index contributed by atoms with van der Waals surface area (Å²) in [5.74, 6) is 1.20. The van der Waals surface area contributed by atoms with Crippen molar-refractivity contribution in [2.75, 3.05) is 7.05 Å². The summed E-state index contributed by atoms with van der Waals surface area (Å²) >= 11 is 0. The second-order valence-corrected chi connectivity index (χ2v) is 8.09. The Hall–Kier alpha value is -1.72. The van der Waals surface area contributed by atoms with Crippen molar-refractivity contribution >= 4 is 6.09 Å². The SMILES string of the molecule is CC1CCCCC1Cn1[nH]c(CN(C)C(=O)OC(C)(C)C)cc1=O. The van der Waals surface area contributed by atoms with E-state index in [1.165, 1.54) is 30.6 Å². The van der Waals surface area contributed by atoms with Gasteiger partial charge in [0, 0.05) is 19.7 Å². The molecule has 1 heterocycles. The summed E-state index contributed by atoms with van der Waals surface area (Å²) in [7, 11) is 1.67. The molecule has 0 spiro atoms. The predicted molar refractivity (Wildman–Crippen MR) is 93.9 cm³/mol. The van der Waals surface area contributed by atoms with Crippen LogP contribution in [0.15, 0.2) is 10.9 Å². The summed E-state index contributed by atoms with van der Waals surface area (Å²) in [6.07, 6.45) is 4.58. The molecule has 0 saturated heterocycles. The highest BCUT2D eigenvalue weighted by molar-refractivity contribution is 5.67. The van der Waals surface area contributed by atoms with Gasteiger partial charge in [-0.2, -0.15) is 0 Å². The summed E-state index contributed by atoms with van der Waals surface area (Å²) in [4.78, 5) is 25.7. The van der Waals surface area contributed by atoms with E-state index >= 15 is 0 Å². The molecular formula is C18H31N3O3. The van der Waals surface area contributed by atoms with Crippen molar-refractivity contribution in [2.45, 2.75) is 72.1 Å². The number of carbonyl (C=O) groups excluding carboxylic acids is 1. The van der Waals surface area contributed by atoms with Gasteiger partial charge in [0.25, 0.3) is 5.56 Å². The van der Waals surface area contributed by atoms with E-state index in [1.807, 2.05) is 20.8 Å². The third-order valence-corrected chi connectivity index (χ3v) is 4.66. The molecule has 1 N–H and O–H groups in total. The Kier molecular flexibility index (Phi) is 5.78. The third kappa shape index (κ3) is 5.14. The van der Waals surface area contributed by atoms with Gasteiger partial charge in [-0.05, 0) is 39.0 Å². The molecule has 136 valence electrons. The minimum atomic E-state index is -0.526. The van der Waals surface area contributed by atoms with Gasteiger partial charge in [-0.1, -0.05) is 26.2 Å². The van der Waals surface area contributed by atoms with Crippen LogP contribution >= 0.6 is 0 Å². The average Bonchev–Trinajstić information content (AvgIpc) is 2.79. The minimum Gasteiger partial charge on any atom is -0.444 e. The second-order valence-electron chi connectivity index (χ2n) is 8.09. The van der Waals surface area contributed by atoms with Gasteiger partial charge in [-0.15, -0.1) is 0 Å². The Balaban J connectivity index is 1.98. The molecule has 1 aliphatic carbocycles. The normalized spacial score (nSPS) is 21.5. The molecule has 0 aliphatic heterocycles. The standard InChI is InChI=1S/C18H31N3O3/c1-13-8-6-7-9-14(13)11-21-16(22)10-15(19-21)12-20(5)17(23)24-18(2,3)4/h10,13-14,19H,6-9,11-12H2,1-5H3. The van der Waals surface area contributed by atoms with Crippen LogP contribution in [0.25, 0.3) is 0 Å².